The third kappa shape index (κ3) is 3.76. The minimum atomic E-state index is -0.528. The molecule has 0 saturated carbocycles. The van der Waals surface area contributed by atoms with E-state index in [0.717, 1.165) is 5.56 Å². The Balaban J connectivity index is 2.11. The zero-order valence-corrected chi connectivity index (χ0v) is 12.7. The van der Waals surface area contributed by atoms with Gasteiger partial charge < -0.3 is 14.6 Å². The van der Waals surface area contributed by atoms with Crippen molar-refractivity contribution in [2.45, 2.75) is 25.4 Å². The van der Waals surface area contributed by atoms with E-state index in [1.54, 1.807) is 14.2 Å². The smallest absolute Gasteiger partial charge is 0.161 e. The molecule has 0 spiro atoms. The van der Waals surface area contributed by atoms with Crippen LogP contribution in [0.1, 0.15) is 36.5 Å². The van der Waals surface area contributed by atoms with Gasteiger partial charge in [-0.3, -0.25) is 0 Å². The maximum absolute atomic E-state index is 10.4. The summed E-state index contributed by atoms with van der Waals surface area (Å²) in [6.07, 6.45) is 0.138. The lowest BCUT2D eigenvalue weighted by Gasteiger charge is -2.18. The number of benzene rings is 2. The van der Waals surface area contributed by atoms with Gasteiger partial charge in [-0.15, -0.1) is 0 Å². The van der Waals surface area contributed by atoms with Gasteiger partial charge in [0, 0.05) is 0 Å². The molecule has 112 valence electrons. The molecule has 1 N–H and O–H groups in total. The average molecular weight is 286 g/mol. The molecule has 3 nitrogen and oxygen atoms in total. The maximum Gasteiger partial charge on any atom is 0.161 e. The molecule has 0 amide bonds. The lowest BCUT2D eigenvalue weighted by Crippen LogP contribution is -2.04. The number of hydrogen-bond acceptors (Lipinski definition) is 3. The SMILES string of the molecule is COc1ccc(C(O)CC(C)c2ccccc2)cc1OC. The number of hydrogen-bond donors (Lipinski definition) is 1. The minimum absolute atomic E-state index is 0.286. The molecule has 0 aromatic heterocycles. The van der Waals surface area contributed by atoms with Gasteiger partial charge in [0.05, 0.1) is 20.3 Å². The van der Waals surface area contributed by atoms with Crippen LogP contribution in [0.2, 0.25) is 0 Å². The lowest BCUT2D eigenvalue weighted by molar-refractivity contribution is 0.159. The molecule has 3 heteroatoms. The summed E-state index contributed by atoms with van der Waals surface area (Å²) < 4.78 is 10.5. The van der Waals surface area contributed by atoms with Gasteiger partial charge in [0.15, 0.2) is 11.5 Å². The summed E-state index contributed by atoms with van der Waals surface area (Å²) in [7, 11) is 3.20. The molecular formula is C18H22O3. The van der Waals surface area contributed by atoms with Gasteiger partial charge in [0.25, 0.3) is 0 Å². The van der Waals surface area contributed by atoms with Crippen LogP contribution < -0.4 is 9.47 Å². The highest BCUT2D eigenvalue weighted by Crippen LogP contribution is 2.33. The Labute approximate surface area is 126 Å². The molecule has 21 heavy (non-hydrogen) atoms. The Morgan fingerprint density at radius 1 is 0.905 bits per heavy atom. The second-order valence-electron chi connectivity index (χ2n) is 5.18. The van der Waals surface area contributed by atoms with Crippen molar-refractivity contribution in [2.75, 3.05) is 14.2 Å². The number of ether oxygens (including phenoxy) is 2. The predicted octanol–water partition coefficient (Wildman–Crippen LogP) is 3.93. The van der Waals surface area contributed by atoms with Crippen molar-refractivity contribution in [3.63, 3.8) is 0 Å². The molecule has 0 aliphatic rings. The van der Waals surface area contributed by atoms with E-state index in [0.29, 0.717) is 17.9 Å². The molecule has 2 rings (SSSR count). The van der Waals surface area contributed by atoms with Crippen LogP contribution in [0.5, 0.6) is 11.5 Å². The molecule has 2 aromatic rings. The normalized spacial score (nSPS) is 13.5. The Morgan fingerprint density at radius 3 is 2.19 bits per heavy atom. The summed E-state index contributed by atoms with van der Waals surface area (Å²) in [6, 6.07) is 15.8. The monoisotopic (exact) mass is 286 g/mol. The highest BCUT2D eigenvalue weighted by molar-refractivity contribution is 5.43. The molecule has 0 heterocycles. The fraction of sp³-hybridized carbons (Fsp3) is 0.333. The highest BCUT2D eigenvalue weighted by Gasteiger charge is 2.16. The first-order chi connectivity index (χ1) is 10.2. The molecular weight excluding hydrogens is 264 g/mol. The first kappa shape index (κ1) is 15.4. The molecule has 0 radical (unpaired) electrons. The molecule has 0 bridgehead atoms. The van der Waals surface area contributed by atoms with E-state index in [1.165, 1.54) is 5.56 Å². The second kappa shape index (κ2) is 7.14. The molecule has 0 fully saturated rings. The van der Waals surface area contributed by atoms with E-state index in [-0.39, 0.29) is 5.92 Å². The molecule has 0 saturated heterocycles. The van der Waals surface area contributed by atoms with Crippen molar-refractivity contribution in [2.24, 2.45) is 0 Å². The van der Waals surface area contributed by atoms with Gasteiger partial charge in [-0.2, -0.15) is 0 Å². The van der Waals surface area contributed by atoms with Crippen LogP contribution in [0.25, 0.3) is 0 Å². The second-order valence-corrected chi connectivity index (χ2v) is 5.18. The van der Waals surface area contributed by atoms with Crippen molar-refractivity contribution < 1.29 is 14.6 Å². The lowest BCUT2D eigenvalue weighted by atomic mass is 9.92. The van der Waals surface area contributed by atoms with Crippen molar-refractivity contribution in [3.8, 4) is 11.5 Å². The molecule has 2 aromatic carbocycles. The average Bonchev–Trinajstić information content (AvgIpc) is 2.54. The molecule has 2 unspecified atom stereocenters. The van der Waals surface area contributed by atoms with E-state index in [4.69, 9.17) is 9.47 Å². The largest absolute Gasteiger partial charge is 0.493 e. The fourth-order valence-corrected chi connectivity index (χ4v) is 2.45. The Hall–Kier alpha value is -2.00. The van der Waals surface area contributed by atoms with E-state index in [2.05, 4.69) is 19.1 Å². The van der Waals surface area contributed by atoms with Gasteiger partial charge >= 0.3 is 0 Å². The topological polar surface area (TPSA) is 38.7 Å². The molecule has 2 atom stereocenters. The summed E-state index contributed by atoms with van der Waals surface area (Å²) in [4.78, 5) is 0. The van der Waals surface area contributed by atoms with Crippen molar-refractivity contribution >= 4 is 0 Å². The van der Waals surface area contributed by atoms with Crippen LogP contribution in [0.3, 0.4) is 0 Å². The van der Waals surface area contributed by atoms with Crippen LogP contribution >= 0.6 is 0 Å². The quantitative estimate of drug-likeness (QED) is 0.874. The fourth-order valence-electron chi connectivity index (χ4n) is 2.45. The third-order valence-corrected chi connectivity index (χ3v) is 3.74. The van der Waals surface area contributed by atoms with Crippen molar-refractivity contribution in [3.05, 3.63) is 59.7 Å². The van der Waals surface area contributed by atoms with E-state index >= 15 is 0 Å². The van der Waals surface area contributed by atoms with Crippen LogP contribution in [0, 0.1) is 0 Å². The number of rotatable bonds is 6. The summed E-state index contributed by atoms with van der Waals surface area (Å²) in [6.45, 7) is 2.12. The first-order valence-corrected chi connectivity index (χ1v) is 7.10. The van der Waals surface area contributed by atoms with E-state index in [1.807, 2.05) is 36.4 Å². The summed E-state index contributed by atoms with van der Waals surface area (Å²) in [5.74, 6) is 1.60. The predicted molar refractivity (Wildman–Crippen MR) is 84.0 cm³/mol. The van der Waals surface area contributed by atoms with Gasteiger partial charge in [-0.25, -0.2) is 0 Å². The Kier molecular flexibility index (Phi) is 5.23. The zero-order chi connectivity index (χ0) is 15.2. The summed E-state index contributed by atoms with van der Waals surface area (Å²) in [5.41, 5.74) is 2.08. The van der Waals surface area contributed by atoms with Gasteiger partial charge in [0.1, 0.15) is 0 Å². The van der Waals surface area contributed by atoms with E-state index < -0.39 is 6.10 Å². The summed E-state index contributed by atoms with van der Waals surface area (Å²) >= 11 is 0. The zero-order valence-electron chi connectivity index (χ0n) is 12.7. The van der Waals surface area contributed by atoms with Gasteiger partial charge in [-0.05, 0) is 35.6 Å². The van der Waals surface area contributed by atoms with Crippen LogP contribution in [-0.2, 0) is 0 Å². The minimum Gasteiger partial charge on any atom is -0.493 e. The first-order valence-electron chi connectivity index (χ1n) is 7.10. The van der Waals surface area contributed by atoms with Crippen LogP contribution in [-0.4, -0.2) is 19.3 Å². The number of aliphatic hydroxyl groups is 1. The third-order valence-electron chi connectivity index (χ3n) is 3.74. The van der Waals surface area contributed by atoms with Gasteiger partial charge in [0.2, 0.25) is 0 Å². The van der Waals surface area contributed by atoms with Crippen molar-refractivity contribution in [1.29, 1.82) is 0 Å². The molecule has 0 aliphatic heterocycles. The standard InChI is InChI=1S/C18H22O3/c1-13(14-7-5-4-6-8-14)11-16(19)15-9-10-17(20-2)18(12-15)21-3/h4-10,12-13,16,19H,11H2,1-3H3. The summed E-state index contributed by atoms with van der Waals surface area (Å²) in [5, 5.41) is 10.4. The van der Waals surface area contributed by atoms with E-state index in [9.17, 15) is 5.11 Å². The van der Waals surface area contributed by atoms with Gasteiger partial charge in [-0.1, -0.05) is 43.3 Å². The Bertz CT molecular complexity index is 566. The Morgan fingerprint density at radius 2 is 1.57 bits per heavy atom. The van der Waals surface area contributed by atoms with Crippen molar-refractivity contribution in [1.82, 2.24) is 0 Å². The number of methoxy groups -OCH3 is 2. The van der Waals surface area contributed by atoms with Crippen LogP contribution in [0.4, 0.5) is 0 Å². The molecule has 0 aliphatic carbocycles. The number of aliphatic hydroxyl groups excluding tert-OH is 1. The highest BCUT2D eigenvalue weighted by atomic mass is 16.5. The van der Waals surface area contributed by atoms with Crippen LogP contribution in [0.15, 0.2) is 48.5 Å². The maximum atomic E-state index is 10.4.